The highest BCUT2D eigenvalue weighted by Gasteiger charge is 2.29. The van der Waals surface area contributed by atoms with Crippen LogP contribution in [0.4, 0.5) is 0 Å². The summed E-state index contributed by atoms with van der Waals surface area (Å²) in [4.78, 5) is 0. The minimum Gasteiger partial charge on any atom is -0.324 e. The predicted octanol–water partition coefficient (Wildman–Crippen LogP) is 4.83. The number of benzene rings is 1. The Hall–Kier alpha value is -0.340. The van der Waals surface area contributed by atoms with Crippen LogP contribution in [0.15, 0.2) is 22.7 Å². The fourth-order valence-electron chi connectivity index (χ4n) is 3.14. The van der Waals surface area contributed by atoms with Crippen molar-refractivity contribution in [2.75, 3.05) is 0 Å². The van der Waals surface area contributed by atoms with Gasteiger partial charge in [-0.3, -0.25) is 0 Å². The lowest BCUT2D eigenvalue weighted by Crippen LogP contribution is -2.29. The normalized spacial score (nSPS) is 30.2. The zero-order chi connectivity index (χ0) is 13.3. The molecule has 0 amide bonds. The van der Waals surface area contributed by atoms with Crippen molar-refractivity contribution in [3.63, 3.8) is 0 Å². The number of halogens is 1. The molecule has 4 atom stereocenters. The van der Waals surface area contributed by atoms with Gasteiger partial charge in [0.25, 0.3) is 0 Å². The van der Waals surface area contributed by atoms with E-state index in [0.717, 1.165) is 16.3 Å². The van der Waals surface area contributed by atoms with E-state index >= 15 is 0 Å². The summed E-state index contributed by atoms with van der Waals surface area (Å²) < 4.78 is 1.14. The number of hydrogen-bond donors (Lipinski definition) is 1. The van der Waals surface area contributed by atoms with Gasteiger partial charge < -0.3 is 5.73 Å². The van der Waals surface area contributed by atoms with Gasteiger partial charge in [-0.25, -0.2) is 0 Å². The first kappa shape index (κ1) is 14.1. The Balaban J connectivity index is 2.13. The van der Waals surface area contributed by atoms with Crippen molar-refractivity contribution in [2.45, 2.75) is 46.1 Å². The molecule has 100 valence electrons. The fraction of sp³-hybridized carbons (Fsp3) is 0.625. The molecule has 1 aliphatic rings. The summed E-state index contributed by atoms with van der Waals surface area (Å²) in [7, 11) is 0. The molecule has 1 aromatic carbocycles. The molecule has 0 bridgehead atoms. The molecule has 0 aliphatic heterocycles. The van der Waals surface area contributed by atoms with Gasteiger partial charge in [0.05, 0.1) is 0 Å². The lowest BCUT2D eigenvalue weighted by molar-refractivity contribution is 0.186. The second-order valence-electron chi connectivity index (χ2n) is 6.12. The second-order valence-corrected chi connectivity index (χ2v) is 7.03. The summed E-state index contributed by atoms with van der Waals surface area (Å²) >= 11 is 3.57. The van der Waals surface area contributed by atoms with Crippen LogP contribution in [0.5, 0.6) is 0 Å². The van der Waals surface area contributed by atoms with Gasteiger partial charge in [0.1, 0.15) is 0 Å². The summed E-state index contributed by atoms with van der Waals surface area (Å²) in [5.74, 6) is 2.31. The smallest absolute Gasteiger partial charge is 0.0324 e. The number of hydrogen-bond acceptors (Lipinski definition) is 1. The van der Waals surface area contributed by atoms with Crippen molar-refractivity contribution < 1.29 is 0 Å². The monoisotopic (exact) mass is 309 g/mol. The van der Waals surface area contributed by atoms with E-state index in [1.54, 1.807) is 0 Å². The summed E-state index contributed by atoms with van der Waals surface area (Å²) in [5, 5.41) is 0. The third kappa shape index (κ3) is 3.16. The minimum atomic E-state index is 0.191. The van der Waals surface area contributed by atoms with Crippen LogP contribution in [0.25, 0.3) is 0 Å². The Kier molecular flexibility index (Phi) is 4.50. The van der Waals surface area contributed by atoms with Gasteiger partial charge in [-0.15, -0.1) is 0 Å². The molecule has 0 heterocycles. The van der Waals surface area contributed by atoms with Crippen molar-refractivity contribution in [3.8, 4) is 0 Å². The van der Waals surface area contributed by atoms with Gasteiger partial charge in [0, 0.05) is 10.5 Å². The van der Waals surface area contributed by atoms with Crippen LogP contribution >= 0.6 is 15.9 Å². The maximum atomic E-state index is 6.49. The molecule has 1 nitrogen and oxygen atoms in total. The van der Waals surface area contributed by atoms with Crippen LogP contribution in [0.2, 0.25) is 0 Å². The Morgan fingerprint density at radius 3 is 2.50 bits per heavy atom. The quantitative estimate of drug-likeness (QED) is 0.832. The lowest BCUT2D eigenvalue weighted by atomic mass is 9.72. The van der Waals surface area contributed by atoms with E-state index in [1.807, 2.05) is 0 Å². The van der Waals surface area contributed by atoms with Crippen LogP contribution in [0, 0.1) is 24.7 Å². The van der Waals surface area contributed by atoms with Crippen molar-refractivity contribution >= 4 is 15.9 Å². The van der Waals surface area contributed by atoms with Crippen molar-refractivity contribution in [2.24, 2.45) is 23.5 Å². The second kappa shape index (κ2) is 5.75. The predicted molar refractivity (Wildman–Crippen MR) is 81.5 cm³/mol. The van der Waals surface area contributed by atoms with E-state index in [2.05, 4.69) is 54.9 Å². The van der Waals surface area contributed by atoms with Crippen molar-refractivity contribution in [3.05, 3.63) is 33.8 Å². The highest BCUT2D eigenvalue weighted by molar-refractivity contribution is 9.10. The lowest BCUT2D eigenvalue weighted by Gasteiger charge is -2.35. The maximum Gasteiger partial charge on any atom is 0.0324 e. The van der Waals surface area contributed by atoms with Crippen LogP contribution in [0.1, 0.15) is 50.3 Å². The zero-order valence-corrected chi connectivity index (χ0v) is 13.2. The van der Waals surface area contributed by atoms with Crippen molar-refractivity contribution in [1.82, 2.24) is 0 Å². The third-order valence-electron chi connectivity index (χ3n) is 4.60. The molecule has 1 fully saturated rings. The fourth-order valence-corrected chi connectivity index (χ4v) is 3.77. The Bertz CT molecular complexity index is 395. The molecular formula is C16H24BrN. The topological polar surface area (TPSA) is 26.0 Å². The van der Waals surface area contributed by atoms with Gasteiger partial charge in [-0.1, -0.05) is 42.3 Å². The molecule has 2 rings (SSSR count). The van der Waals surface area contributed by atoms with Crippen LogP contribution < -0.4 is 5.73 Å². The average molecular weight is 310 g/mol. The highest BCUT2D eigenvalue weighted by atomic mass is 79.9. The first-order valence-corrected chi connectivity index (χ1v) is 7.79. The molecule has 1 saturated carbocycles. The largest absolute Gasteiger partial charge is 0.324 e. The van der Waals surface area contributed by atoms with Gasteiger partial charge in [0.2, 0.25) is 0 Å². The molecule has 0 spiro atoms. The van der Waals surface area contributed by atoms with E-state index in [9.17, 15) is 0 Å². The third-order valence-corrected chi connectivity index (χ3v) is 5.05. The van der Waals surface area contributed by atoms with E-state index in [1.165, 1.54) is 30.4 Å². The Labute approximate surface area is 119 Å². The van der Waals surface area contributed by atoms with Crippen LogP contribution in [-0.2, 0) is 0 Å². The summed E-state index contributed by atoms with van der Waals surface area (Å²) in [5.41, 5.74) is 9.06. The van der Waals surface area contributed by atoms with Crippen molar-refractivity contribution in [1.29, 1.82) is 0 Å². The minimum absolute atomic E-state index is 0.191. The zero-order valence-electron chi connectivity index (χ0n) is 11.6. The maximum absolute atomic E-state index is 6.49. The number of nitrogens with two attached hydrogens (primary N) is 1. The summed E-state index contributed by atoms with van der Waals surface area (Å²) in [6, 6.07) is 6.75. The molecule has 1 aromatic rings. The SMILES string of the molecule is Cc1cc(Br)cc(C(N)C2CCC(C)C(C)C2)c1. The highest BCUT2D eigenvalue weighted by Crippen LogP contribution is 2.39. The van der Waals surface area contributed by atoms with Gasteiger partial charge in [-0.05, 0) is 60.8 Å². The Morgan fingerprint density at radius 2 is 1.89 bits per heavy atom. The van der Waals surface area contributed by atoms with Crippen LogP contribution in [0.3, 0.4) is 0 Å². The molecule has 0 aromatic heterocycles. The molecular weight excluding hydrogens is 286 g/mol. The average Bonchev–Trinajstić information content (AvgIpc) is 2.30. The van der Waals surface area contributed by atoms with Gasteiger partial charge >= 0.3 is 0 Å². The molecule has 4 unspecified atom stereocenters. The summed E-state index contributed by atoms with van der Waals surface area (Å²) in [6.45, 7) is 6.87. The Morgan fingerprint density at radius 1 is 1.17 bits per heavy atom. The molecule has 2 N–H and O–H groups in total. The molecule has 18 heavy (non-hydrogen) atoms. The van der Waals surface area contributed by atoms with Crippen LogP contribution in [-0.4, -0.2) is 0 Å². The first-order chi connectivity index (χ1) is 8.47. The van der Waals surface area contributed by atoms with E-state index in [4.69, 9.17) is 5.73 Å². The number of rotatable bonds is 2. The number of aryl methyl sites for hydroxylation is 1. The molecule has 2 heteroatoms. The van der Waals surface area contributed by atoms with E-state index in [0.29, 0.717) is 5.92 Å². The van der Waals surface area contributed by atoms with Gasteiger partial charge in [-0.2, -0.15) is 0 Å². The van der Waals surface area contributed by atoms with E-state index < -0.39 is 0 Å². The molecule has 1 aliphatic carbocycles. The summed E-state index contributed by atoms with van der Waals surface area (Å²) in [6.07, 6.45) is 3.87. The first-order valence-electron chi connectivity index (χ1n) is 7.00. The molecule has 0 saturated heterocycles. The van der Waals surface area contributed by atoms with E-state index in [-0.39, 0.29) is 6.04 Å². The standard InChI is InChI=1S/C16H24BrN/c1-10-6-14(9-15(17)7-10)16(18)13-5-4-11(2)12(3)8-13/h6-7,9,11-13,16H,4-5,8,18H2,1-3H3. The van der Waals surface area contributed by atoms with Gasteiger partial charge in [0.15, 0.2) is 0 Å². The molecule has 0 radical (unpaired) electrons.